The van der Waals surface area contributed by atoms with Crippen molar-refractivity contribution in [3.63, 3.8) is 0 Å². The molecule has 0 aromatic carbocycles. The summed E-state index contributed by atoms with van der Waals surface area (Å²) >= 11 is 0. The van der Waals surface area contributed by atoms with Crippen molar-refractivity contribution in [1.82, 2.24) is 5.32 Å². The van der Waals surface area contributed by atoms with Crippen LogP contribution in [0.4, 0.5) is 0 Å². The van der Waals surface area contributed by atoms with Crippen molar-refractivity contribution in [1.29, 1.82) is 0 Å². The number of carboxylic acids is 1. The van der Waals surface area contributed by atoms with Crippen molar-refractivity contribution in [3.05, 3.63) is 0 Å². The third kappa shape index (κ3) is 3.20. The number of ether oxygens (including phenoxy) is 1. The lowest BCUT2D eigenvalue weighted by molar-refractivity contribution is -0.142. The Bertz CT molecular complexity index is 254. The summed E-state index contributed by atoms with van der Waals surface area (Å²) in [5.74, 6) is -1.40. The van der Waals surface area contributed by atoms with Gasteiger partial charge < -0.3 is 15.2 Å². The van der Waals surface area contributed by atoms with E-state index in [9.17, 15) is 9.59 Å². The fourth-order valence-corrected chi connectivity index (χ4v) is 1.63. The molecule has 1 heterocycles. The Labute approximate surface area is 88.8 Å². The Balaban J connectivity index is 2.44. The first-order valence-corrected chi connectivity index (χ1v) is 5.19. The van der Waals surface area contributed by atoms with E-state index in [0.717, 1.165) is 0 Å². The minimum atomic E-state index is -0.988. The summed E-state index contributed by atoms with van der Waals surface area (Å²) < 4.78 is 5.25. The van der Waals surface area contributed by atoms with Crippen LogP contribution in [0.5, 0.6) is 0 Å². The number of carboxylic acid groups (broad SMARTS) is 1. The molecule has 3 unspecified atom stereocenters. The molecular weight excluding hydrogens is 198 g/mol. The van der Waals surface area contributed by atoms with Crippen LogP contribution in [0.3, 0.4) is 0 Å². The largest absolute Gasteiger partial charge is 0.480 e. The molecule has 0 spiro atoms. The second-order valence-electron chi connectivity index (χ2n) is 3.88. The van der Waals surface area contributed by atoms with E-state index in [0.29, 0.717) is 19.4 Å². The Morgan fingerprint density at radius 2 is 2.27 bits per heavy atom. The summed E-state index contributed by atoms with van der Waals surface area (Å²) in [5.41, 5.74) is 0. The highest BCUT2D eigenvalue weighted by Crippen LogP contribution is 2.19. The van der Waals surface area contributed by atoms with Gasteiger partial charge in [-0.15, -0.1) is 0 Å². The summed E-state index contributed by atoms with van der Waals surface area (Å²) in [6.07, 6.45) is 1.15. The highest BCUT2D eigenvalue weighted by molar-refractivity contribution is 5.85. The molecule has 5 nitrogen and oxygen atoms in total. The van der Waals surface area contributed by atoms with Crippen LogP contribution in [0.25, 0.3) is 0 Å². The molecule has 1 saturated heterocycles. The molecule has 1 amide bonds. The average molecular weight is 215 g/mol. The fourth-order valence-electron chi connectivity index (χ4n) is 1.63. The Kier molecular flexibility index (Phi) is 4.08. The SMILES string of the molecule is CCC(NC(=O)C1COC(C)C1)C(=O)O. The molecule has 0 aromatic heterocycles. The highest BCUT2D eigenvalue weighted by Gasteiger charge is 2.30. The first kappa shape index (κ1) is 12.0. The average Bonchev–Trinajstić information content (AvgIpc) is 2.60. The Hall–Kier alpha value is -1.10. The zero-order valence-electron chi connectivity index (χ0n) is 9.03. The molecule has 3 atom stereocenters. The summed E-state index contributed by atoms with van der Waals surface area (Å²) in [6.45, 7) is 4.03. The normalized spacial score (nSPS) is 27.3. The van der Waals surface area contributed by atoms with Gasteiger partial charge in [-0.05, 0) is 19.8 Å². The number of amides is 1. The van der Waals surface area contributed by atoms with E-state index in [-0.39, 0.29) is 17.9 Å². The number of aliphatic carboxylic acids is 1. The maximum atomic E-state index is 11.6. The molecule has 0 radical (unpaired) electrons. The van der Waals surface area contributed by atoms with Crippen LogP contribution < -0.4 is 5.32 Å². The van der Waals surface area contributed by atoms with Gasteiger partial charge in [0.15, 0.2) is 0 Å². The van der Waals surface area contributed by atoms with Gasteiger partial charge in [-0.1, -0.05) is 6.92 Å². The molecule has 2 N–H and O–H groups in total. The molecule has 1 fully saturated rings. The van der Waals surface area contributed by atoms with Gasteiger partial charge in [0, 0.05) is 0 Å². The molecule has 0 saturated carbocycles. The van der Waals surface area contributed by atoms with Gasteiger partial charge in [-0.25, -0.2) is 4.79 Å². The Morgan fingerprint density at radius 1 is 1.60 bits per heavy atom. The Morgan fingerprint density at radius 3 is 2.67 bits per heavy atom. The van der Waals surface area contributed by atoms with Gasteiger partial charge in [0.05, 0.1) is 18.6 Å². The van der Waals surface area contributed by atoms with E-state index in [1.807, 2.05) is 6.92 Å². The predicted octanol–water partition coefficient (Wildman–Crippen LogP) is 0.391. The smallest absolute Gasteiger partial charge is 0.326 e. The summed E-state index contributed by atoms with van der Waals surface area (Å²) in [6, 6.07) is -0.784. The van der Waals surface area contributed by atoms with Crippen molar-refractivity contribution in [3.8, 4) is 0 Å². The molecular formula is C10H17NO4. The van der Waals surface area contributed by atoms with E-state index in [1.54, 1.807) is 6.92 Å². The molecule has 1 aliphatic rings. The second-order valence-corrected chi connectivity index (χ2v) is 3.88. The molecule has 0 aliphatic carbocycles. The van der Waals surface area contributed by atoms with E-state index in [1.165, 1.54) is 0 Å². The number of hydrogen-bond acceptors (Lipinski definition) is 3. The van der Waals surface area contributed by atoms with Crippen molar-refractivity contribution >= 4 is 11.9 Å². The lowest BCUT2D eigenvalue weighted by Crippen LogP contribution is -2.43. The highest BCUT2D eigenvalue weighted by atomic mass is 16.5. The van der Waals surface area contributed by atoms with E-state index >= 15 is 0 Å². The van der Waals surface area contributed by atoms with Gasteiger partial charge in [-0.2, -0.15) is 0 Å². The van der Waals surface area contributed by atoms with E-state index < -0.39 is 12.0 Å². The molecule has 86 valence electrons. The number of carbonyl (C=O) groups is 2. The summed E-state index contributed by atoms with van der Waals surface area (Å²) in [7, 11) is 0. The standard InChI is InChI=1S/C10H17NO4/c1-3-8(10(13)14)11-9(12)7-4-6(2)15-5-7/h6-8H,3-5H2,1-2H3,(H,11,12)(H,13,14). The third-order valence-electron chi connectivity index (χ3n) is 2.59. The monoisotopic (exact) mass is 215 g/mol. The second kappa shape index (κ2) is 5.11. The molecule has 0 bridgehead atoms. The number of hydrogen-bond donors (Lipinski definition) is 2. The minimum absolute atomic E-state index is 0.0886. The van der Waals surface area contributed by atoms with Crippen molar-refractivity contribution in [2.75, 3.05) is 6.61 Å². The topological polar surface area (TPSA) is 75.6 Å². The quantitative estimate of drug-likeness (QED) is 0.711. The summed E-state index contributed by atoms with van der Waals surface area (Å²) in [4.78, 5) is 22.3. The zero-order chi connectivity index (χ0) is 11.4. The third-order valence-corrected chi connectivity index (χ3v) is 2.59. The number of rotatable bonds is 4. The lowest BCUT2D eigenvalue weighted by Gasteiger charge is -2.14. The molecule has 1 rings (SSSR count). The first-order valence-electron chi connectivity index (χ1n) is 5.19. The van der Waals surface area contributed by atoms with E-state index in [2.05, 4.69) is 5.32 Å². The maximum absolute atomic E-state index is 11.6. The van der Waals surface area contributed by atoms with Crippen molar-refractivity contribution in [2.24, 2.45) is 5.92 Å². The molecule has 15 heavy (non-hydrogen) atoms. The van der Waals surface area contributed by atoms with Crippen LogP contribution in [0.1, 0.15) is 26.7 Å². The van der Waals surface area contributed by atoms with E-state index in [4.69, 9.17) is 9.84 Å². The first-order chi connectivity index (χ1) is 7.04. The molecule has 5 heteroatoms. The minimum Gasteiger partial charge on any atom is -0.480 e. The van der Waals surface area contributed by atoms with Crippen LogP contribution in [-0.2, 0) is 14.3 Å². The van der Waals surface area contributed by atoms with Crippen LogP contribution in [-0.4, -0.2) is 35.7 Å². The van der Waals surface area contributed by atoms with Crippen LogP contribution in [0.15, 0.2) is 0 Å². The molecule has 1 aliphatic heterocycles. The van der Waals surface area contributed by atoms with Gasteiger partial charge >= 0.3 is 5.97 Å². The number of carbonyl (C=O) groups excluding carboxylic acids is 1. The fraction of sp³-hybridized carbons (Fsp3) is 0.800. The lowest BCUT2D eigenvalue weighted by atomic mass is 10.0. The van der Waals surface area contributed by atoms with Crippen LogP contribution in [0.2, 0.25) is 0 Å². The van der Waals surface area contributed by atoms with Crippen molar-refractivity contribution in [2.45, 2.75) is 38.8 Å². The van der Waals surface area contributed by atoms with Crippen LogP contribution >= 0.6 is 0 Å². The van der Waals surface area contributed by atoms with Gasteiger partial charge in [0.25, 0.3) is 0 Å². The number of nitrogens with one attached hydrogen (secondary N) is 1. The van der Waals surface area contributed by atoms with Gasteiger partial charge in [-0.3, -0.25) is 4.79 Å². The van der Waals surface area contributed by atoms with Gasteiger partial charge in [0.2, 0.25) is 5.91 Å². The van der Waals surface area contributed by atoms with Crippen molar-refractivity contribution < 1.29 is 19.4 Å². The van der Waals surface area contributed by atoms with Gasteiger partial charge in [0.1, 0.15) is 6.04 Å². The maximum Gasteiger partial charge on any atom is 0.326 e. The molecule has 0 aromatic rings. The van der Waals surface area contributed by atoms with Crippen LogP contribution in [0, 0.1) is 5.92 Å². The zero-order valence-corrected chi connectivity index (χ0v) is 9.03. The summed E-state index contributed by atoms with van der Waals surface area (Å²) in [5, 5.41) is 11.3. The predicted molar refractivity (Wildman–Crippen MR) is 53.4 cm³/mol.